The Bertz CT molecular complexity index is 663. The average molecular weight is 311 g/mol. The molecule has 2 heterocycles. The number of aromatic nitrogens is 2. The Morgan fingerprint density at radius 2 is 1.91 bits per heavy atom. The van der Waals surface area contributed by atoms with Crippen molar-refractivity contribution >= 4 is 5.91 Å². The van der Waals surface area contributed by atoms with Crippen LogP contribution in [0.25, 0.3) is 0 Å². The monoisotopic (exact) mass is 311 g/mol. The summed E-state index contributed by atoms with van der Waals surface area (Å²) in [5.41, 5.74) is 1.84. The second-order valence-corrected chi connectivity index (χ2v) is 5.02. The third-order valence-electron chi connectivity index (χ3n) is 3.36. The molecule has 0 aliphatic heterocycles. The number of nitrogens with one attached hydrogen (secondary N) is 1. The van der Waals surface area contributed by atoms with Crippen molar-refractivity contribution in [1.29, 1.82) is 0 Å². The Kier molecular flexibility index (Phi) is 4.54. The molecule has 0 spiro atoms. The van der Waals surface area contributed by atoms with E-state index in [4.69, 9.17) is 0 Å². The molecule has 7 heteroatoms. The standard InChI is InChI=1S/C15H16F3N3O/c1-10-7-13(11(2)21(10)9-15(16,17)18)14(22)20-8-12-3-5-19-6-4-12/h3-7H,8-9H2,1-2H3,(H,20,22). The second kappa shape index (κ2) is 6.21. The molecule has 0 saturated heterocycles. The van der Waals surface area contributed by atoms with Crippen LogP contribution in [0.4, 0.5) is 13.2 Å². The van der Waals surface area contributed by atoms with E-state index in [-0.39, 0.29) is 5.56 Å². The summed E-state index contributed by atoms with van der Waals surface area (Å²) in [6, 6.07) is 4.99. The van der Waals surface area contributed by atoms with Gasteiger partial charge in [-0.2, -0.15) is 13.2 Å². The van der Waals surface area contributed by atoms with Crippen LogP contribution < -0.4 is 5.32 Å². The van der Waals surface area contributed by atoms with E-state index >= 15 is 0 Å². The van der Waals surface area contributed by atoms with Gasteiger partial charge in [-0.15, -0.1) is 0 Å². The molecule has 0 aliphatic rings. The van der Waals surface area contributed by atoms with Gasteiger partial charge in [-0.25, -0.2) is 0 Å². The van der Waals surface area contributed by atoms with Gasteiger partial charge in [-0.1, -0.05) is 0 Å². The van der Waals surface area contributed by atoms with E-state index in [0.717, 1.165) is 10.1 Å². The largest absolute Gasteiger partial charge is 0.406 e. The van der Waals surface area contributed by atoms with Crippen molar-refractivity contribution in [3.8, 4) is 0 Å². The highest BCUT2D eigenvalue weighted by molar-refractivity contribution is 5.95. The highest BCUT2D eigenvalue weighted by Crippen LogP contribution is 2.23. The van der Waals surface area contributed by atoms with E-state index in [1.54, 1.807) is 31.5 Å². The van der Waals surface area contributed by atoms with E-state index in [2.05, 4.69) is 10.3 Å². The topological polar surface area (TPSA) is 46.9 Å². The lowest BCUT2D eigenvalue weighted by molar-refractivity contribution is -0.141. The van der Waals surface area contributed by atoms with Gasteiger partial charge in [0.05, 0.1) is 5.56 Å². The first-order valence-corrected chi connectivity index (χ1v) is 6.68. The summed E-state index contributed by atoms with van der Waals surface area (Å²) in [5, 5.41) is 2.70. The maximum Gasteiger partial charge on any atom is 0.406 e. The van der Waals surface area contributed by atoms with Crippen LogP contribution in [0.15, 0.2) is 30.6 Å². The van der Waals surface area contributed by atoms with Gasteiger partial charge < -0.3 is 9.88 Å². The van der Waals surface area contributed by atoms with E-state index in [0.29, 0.717) is 17.9 Å². The molecule has 0 aromatic carbocycles. The lowest BCUT2D eigenvalue weighted by atomic mass is 10.2. The molecule has 0 fully saturated rings. The molecule has 1 N–H and O–H groups in total. The van der Waals surface area contributed by atoms with Crippen molar-refractivity contribution in [3.63, 3.8) is 0 Å². The summed E-state index contributed by atoms with van der Waals surface area (Å²) in [4.78, 5) is 16.0. The van der Waals surface area contributed by atoms with Crippen LogP contribution in [0.3, 0.4) is 0 Å². The lowest BCUT2D eigenvalue weighted by Gasteiger charge is -2.12. The van der Waals surface area contributed by atoms with Crippen molar-refractivity contribution in [3.05, 3.63) is 53.1 Å². The number of halogens is 3. The molecular formula is C15H16F3N3O. The SMILES string of the molecule is Cc1cc(C(=O)NCc2ccncc2)c(C)n1CC(F)(F)F. The summed E-state index contributed by atoms with van der Waals surface area (Å²) < 4.78 is 38.8. The zero-order valence-electron chi connectivity index (χ0n) is 12.2. The van der Waals surface area contributed by atoms with Gasteiger partial charge in [0.1, 0.15) is 6.54 Å². The Labute approximate surface area is 126 Å². The highest BCUT2D eigenvalue weighted by Gasteiger charge is 2.30. The van der Waals surface area contributed by atoms with Crippen LogP contribution in [0.1, 0.15) is 27.3 Å². The van der Waals surface area contributed by atoms with E-state index < -0.39 is 18.6 Å². The number of rotatable bonds is 4. The van der Waals surface area contributed by atoms with Crippen LogP contribution >= 0.6 is 0 Å². The molecule has 0 unspecified atom stereocenters. The minimum Gasteiger partial charge on any atom is -0.348 e. The quantitative estimate of drug-likeness (QED) is 0.943. The predicted octanol–water partition coefficient (Wildman–Crippen LogP) is 2.99. The minimum absolute atomic E-state index is 0.260. The minimum atomic E-state index is -4.32. The molecule has 4 nitrogen and oxygen atoms in total. The van der Waals surface area contributed by atoms with Gasteiger partial charge in [0, 0.05) is 30.3 Å². The maximum atomic E-state index is 12.6. The van der Waals surface area contributed by atoms with Crippen LogP contribution in [-0.2, 0) is 13.1 Å². The zero-order chi connectivity index (χ0) is 16.3. The summed E-state index contributed by atoms with van der Waals surface area (Å²) in [5.74, 6) is -0.390. The maximum absolute atomic E-state index is 12.6. The highest BCUT2D eigenvalue weighted by atomic mass is 19.4. The molecule has 22 heavy (non-hydrogen) atoms. The first-order valence-electron chi connectivity index (χ1n) is 6.68. The first kappa shape index (κ1) is 16.1. The summed E-state index contributed by atoms with van der Waals surface area (Å²) in [7, 11) is 0. The van der Waals surface area contributed by atoms with Crippen LogP contribution in [0.2, 0.25) is 0 Å². The molecule has 0 saturated carbocycles. The molecule has 2 rings (SSSR count). The Morgan fingerprint density at radius 1 is 1.27 bits per heavy atom. The molecule has 1 amide bonds. The number of aryl methyl sites for hydroxylation is 1. The number of carbonyl (C=O) groups excluding carboxylic acids is 1. The molecule has 2 aromatic rings. The van der Waals surface area contributed by atoms with E-state index in [9.17, 15) is 18.0 Å². The number of nitrogens with zero attached hydrogens (tertiary/aromatic N) is 2. The van der Waals surface area contributed by atoms with Gasteiger partial charge in [-0.05, 0) is 37.6 Å². The van der Waals surface area contributed by atoms with Gasteiger partial charge in [0.25, 0.3) is 5.91 Å². The number of hydrogen-bond acceptors (Lipinski definition) is 2. The fraction of sp³-hybridized carbons (Fsp3) is 0.333. The van der Waals surface area contributed by atoms with Crippen molar-refractivity contribution in [2.75, 3.05) is 0 Å². The van der Waals surface area contributed by atoms with Crippen LogP contribution in [-0.4, -0.2) is 21.6 Å². The molecule has 0 bridgehead atoms. The van der Waals surface area contributed by atoms with Crippen molar-refractivity contribution in [1.82, 2.24) is 14.9 Å². The van der Waals surface area contributed by atoms with Crippen molar-refractivity contribution < 1.29 is 18.0 Å². The second-order valence-electron chi connectivity index (χ2n) is 5.02. The van der Waals surface area contributed by atoms with Crippen molar-refractivity contribution in [2.45, 2.75) is 33.1 Å². The normalized spacial score (nSPS) is 11.5. The van der Waals surface area contributed by atoms with Gasteiger partial charge in [0.2, 0.25) is 0 Å². The fourth-order valence-corrected chi connectivity index (χ4v) is 2.23. The molecule has 118 valence electrons. The third-order valence-corrected chi connectivity index (χ3v) is 3.36. The molecular weight excluding hydrogens is 295 g/mol. The smallest absolute Gasteiger partial charge is 0.348 e. The Balaban J connectivity index is 2.12. The number of pyridine rings is 1. The molecule has 2 aromatic heterocycles. The zero-order valence-corrected chi connectivity index (χ0v) is 12.2. The Hall–Kier alpha value is -2.31. The number of carbonyl (C=O) groups is 1. The van der Waals surface area contributed by atoms with E-state index in [1.807, 2.05) is 0 Å². The lowest BCUT2D eigenvalue weighted by Crippen LogP contribution is -2.24. The summed E-state index contributed by atoms with van der Waals surface area (Å²) >= 11 is 0. The van der Waals surface area contributed by atoms with Gasteiger partial charge in [-0.3, -0.25) is 9.78 Å². The Morgan fingerprint density at radius 3 is 2.50 bits per heavy atom. The molecule has 0 radical (unpaired) electrons. The summed E-state index contributed by atoms with van der Waals surface area (Å²) in [6.45, 7) is 2.27. The summed E-state index contributed by atoms with van der Waals surface area (Å²) in [6.07, 6.45) is -1.10. The number of alkyl halides is 3. The third kappa shape index (κ3) is 3.87. The van der Waals surface area contributed by atoms with Gasteiger partial charge >= 0.3 is 6.18 Å². The van der Waals surface area contributed by atoms with Crippen molar-refractivity contribution in [2.24, 2.45) is 0 Å². The van der Waals surface area contributed by atoms with Crippen LogP contribution in [0, 0.1) is 13.8 Å². The van der Waals surface area contributed by atoms with Gasteiger partial charge in [0.15, 0.2) is 0 Å². The fourth-order valence-electron chi connectivity index (χ4n) is 2.23. The van der Waals surface area contributed by atoms with Crippen LogP contribution in [0.5, 0.6) is 0 Å². The predicted molar refractivity (Wildman–Crippen MR) is 75.4 cm³/mol. The molecule has 0 aliphatic carbocycles. The first-order chi connectivity index (χ1) is 10.3. The number of amides is 1. The number of hydrogen-bond donors (Lipinski definition) is 1. The van der Waals surface area contributed by atoms with E-state index in [1.165, 1.54) is 13.0 Å². The molecule has 0 atom stereocenters. The average Bonchev–Trinajstić information content (AvgIpc) is 2.72.